The monoisotopic (exact) mass is 460 g/mol. The van der Waals surface area contributed by atoms with Crippen molar-refractivity contribution >= 4 is 16.6 Å². The van der Waals surface area contributed by atoms with Crippen molar-refractivity contribution in [2.75, 3.05) is 26.2 Å². The molecule has 1 saturated heterocycles. The van der Waals surface area contributed by atoms with E-state index in [1.54, 1.807) is 14.2 Å². The first kappa shape index (κ1) is 21.0. The minimum atomic E-state index is -0.384. The average Bonchev–Trinajstić information content (AvgIpc) is 3.24. The Morgan fingerprint density at radius 2 is 1.82 bits per heavy atom. The van der Waals surface area contributed by atoms with Gasteiger partial charge in [0, 0.05) is 34.3 Å². The Morgan fingerprint density at radius 3 is 2.50 bits per heavy atom. The van der Waals surface area contributed by atoms with E-state index in [9.17, 15) is 15.5 Å². The summed E-state index contributed by atoms with van der Waals surface area (Å²) in [4.78, 5) is 7.78. The van der Waals surface area contributed by atoms with E-state index in [0.717, 1.165) is 38.8 Å². The number of aromatic hydroxyl groups is 2. The molecule has 8 heteroatoms. The number of methoxy groups -OCH3 is 2. The van der Waals surface area contributed by atoms with Crippen LogP contribution in [0.25, 0.3) is 10.9 Å². The highest BCUT2D eigenvalue weighted by Crippen LogP contribution is 2.55. The molecular weight excluding hydrogens is 432 g/mol. The number of nitriles is 1. The number of piperazine rings is 1. The van der Waals surface area contributed by atoms with E-state index in [2.05, 4.69) is 26.9 Å². The molecule has 0 saturated carbocycles. The molecule has 176 valence electrons. The molecule has 8 nitrogen and oxygen atoms in total. The van der Waals surface area contributed by atoms with Crippen LogP contribution in [0.3, 0.4) is 0 Å². The summed E-state index contributed by atoms with van der Waals surface area (Å²) in [6.07, 6.45) is 3.11. The van der Waals surface area contributed by atoms with Crippen LogP contribution in [0.5, 0.6) is 23.0 Å². The summed E-state index contributed by atoms with van der Waals surface area (Å²) in [5.74, 6) is 1.50. The number of phenols is 2. The fourth-order valence-electron chi connectivity index (χ4n) is 6.83. The maximum absolute atomic E-state index is 11.3. The van der Waals surface area contributed by atoms with Gasteiger partial charge in [0.15, 0.2) is 11.5 Å². The topological polar surface area (TPSA) is 105 Å². The van der Waals surface area contributed by atoms with Crippen molar-refractivity contribution in [2.24, 2.45) is 0 Å². The fourth-order valence-corrected chi connectivity index (χ4v) is 6.83. The molecule has 1 fully saturated rings. The summed E-state index contributed by atoms with van der Waals surface area (Å²) in [7, 11) is 5.21. The number of benzene rings is 2. The third-order valence-electron chi connectivity index (χ3n) is 8.24. The molecule has 6 rings (SSSR count). The lowest BCUT2D eigenvalue weighted by molar-refractivity contribution is 0.0759. The summed E-state index contributed by atoms with van der Waals surface area (Å²) in [6, 6.07) is 3.91. The standard InChI is InChI=1S/C26H28N4O4/c1-11-6-13-7-15-17(9-27)30-16(22(29(15)3)19(13)24(32)25(11)33-4)8-14-20-18(30)10-28-21(20)26(34-5)12(2)23(14)31/h6,10,15-17,22,28,31-32H,7-8H2,1-5H3/t15-,16?,17-,22+/m0/s1. The van der Waals surface area contributed by atoms with Gasteiger partial charge in [-0.1, -0.05) is 6.07 Å². The summed E-state index contributed by atoms with van der Waals surface area (Å²) < 4.78 is 11.2. The lowest BCUT2D eigenvalue weighted by Gasteiger charge is -2.58. The number of ether oxygens (including phenoxy) is 2. The third kappa shape index (κ3) is 2.35. The molecule has 0 spiro atoms. The summed E-state index contributed by atoms with van der Waals surface area (Å²) in [5.41, 5.74) is 6.06. The van der Waals surface area contributed by atoms with E-state index in [-0.39, 0.29) is 35.7 Å². The predicted molar refractivity (Wildman–Crippen MR) is 128 cm³/mol. The molecular formula is C26H28N4O4. The van der Waals surface area contributed by atoms with Gasteiger partial charge in [0.05, 0.1) is 43.6 Å². The number of aromatic nitrogens is 1. The van der Waals surface area contributed by atoms with Gasteiger partial charge in [-0.2, -0.15) is 5.26 Å². The van der Waals surface area contributed by atoms with Crippen molar-refractivity contribution in [1.82, 2.24) is 9.88 Å². The predicted octanol–water partition coefficient (Wildman–Crippen LogP) is 3.45. The largest absolute Gasteiger partial charge is 0.507 e. The van der Waals surface area contributed by atoms with Crippen LogP contribution in [-0.4, -0.2) is 59.5 Å². The highest BCUT2D eigenvalue weighted by Gasteiger charge is 2.53. The Labute approximate surface area is 197 Å². The molecule has 34 heavy (non-hydrogen) atoms. The molecule has 1 aromatic heterocycles. The Bertz CT molecular complexity index is 1400. The summed E-state index contributed by atoms with van der Waals surface area (Å²) in [6.45, 7) is 3.79. The van der Waals surface area contributed by atoms with Crippen LogP contribution >= 0.6 is 0 Å². The van der Waals surface area contributed by atoms with Crippen molar-refractivity contribution in [3.8, 4) is 29.1 Å². The molecule has 0 aliphatic carbocycles. The minimum Gasteiger partial charge on any atom is -0.507 e. The van der Waals surface area contributed by atoms with Gasteiger partial charge in [-0.05, 0) is 44.9 Å². The lowest BCUT2D eigenvalue weighted by atomic mass is 9.73. The van der Waals surface area contributed by atoms with E-state index in [1.807, 2.05) is 27.1 Å². The van der Waals surface area contributed by atoms with Crippen molar-refractivity contribution in [3.63, 3.8) is 0 Å². The number of phenolic OH excluding ortho intramolecular Hbond substituents is 2. The molecule has 0 amide bonds. The second-order valence-corrected chi connectivity index (χ2v) is 9.69. The van der Waals surface area contributed by atoms with Crippen LogP contribution in [0.4, 0.5) is 5.69 Å². The number of rotatable bonds is 2. The van der Waals surface area contributed by atoms with E-state index < -0.39 is 0 Å². The maximum atomic E-state index is 11.3. The molecule has 1 unspecified atom stereocenters. The van der Waals surface area contributed by atoms with Crippen LogP contribution in [-0.2, 0) is 12.8 Å². The van der Waals surface area contributed by atoms with E-state index in [0.29, 0.717) is 29.9 Å². The van der Waals surface area contributed by atoms with E-state index in [1.165, 1.54) is 0 Å². The van der Waals surface area contributed by atoms with Crippen LogP contribution < -0.4 is 14.4 Å². The highest BCUT2D eigenvalue weighted by atomic mass is 16.5. The zero-order valence-corrected chi connectivity index (χ0v) is 19.9. The number of aryl methyl sites for hydroxylation is 1. The van der Waals surface area contributed by atoms with Crippen LogP contribution in [0, 0.1) is 25.2 Å². The minimum absolute atomic E-state index is 0.0432. The normalized spacial score (nSPS) is 25.0. The smallest absolute Gasteiger partial charge is 0.163 e. The third-order valence-corrected chi connectivity index (χ3v) is 8.24. The average molecular weight is 461 g/mol. The van der Waals surface area contributed by atoms with Crippen LogP contribution in [0.2, 0.25) is 0 Å². The first-order valence-electron chi connectivity index (χ1n) is 11.5. The van der Waals surface area contributed by atoms with Crippen molar-refractivity contribution < 1.29 is 19.7 Å². The van der Waals surface area contributed by atoms with Crippen molar-refractivity contribution in [3.05, 3.63) is 40.1 Å². The number of aromatic amines is 1. The number of likely N-dealkylation sites (N-methyl/N-ethyl adjacent to an activating group) is 1. The van der Waals surface area contributed by atoms with E-state index in [4.69, 9.17) is 9.47 Å². The molecule has 0 radical (unpaired) electrons. The maximum Gasteiger partial charge on any atom is 0.163 e. The number of fused-ring (bicyclic) bond motifs is 7. The zero-order chi connectivity index (χ0) is 24.0. The molecule has 4 heterocycles. The number of hydrogen-bond acceptors (Lipinski definition) is 7. The first-order chi connectivity index (χ1) is 16.3. The van der Waals surface area contributed by atoms with Crippen LogP contribution in [0.1, 0.15) is 33.9 Å². The number of anilines is 1. The Balaban J connectivity index is 1.63. The number of nitrogens with zero attached hydrogens (tertiary/aromatic N) is 3. The Kier molecular flexibility index (Phi) is 4.30. The van der Waals surface area contributed by atoms with Gasteiger partial charge < -0.3 is 29.6 Å². The van der Waals surface area contributed by atoms with E-state index >= 15 is 0 Å². The zero-order valence-electron chi connectivity index (χ0n) is 19.9. The molecule has 2 bridgehead atoms. The van der Waals surface area contributed by atoms with Crippen molar-refractivity contribution in [1.29, 1.82) is 5.26 Å². The Hall–Kier alpha value is -3.57. The van der Waals surface area contributed by atoms with Gasteiger partial charge in [-0.25, -0.2) is 0 Å². The Morgan fingerprint density at radius 1 is 1.09 bits per heavy atom. The van der Waals surface area contributed by atoms with Crippen molar-refractivity contribution in [2.45, 2.75) is 50.9 Å². The lowest BCUT2D eigenvalue weighted by Crippen LogP contribution is -2.67. The first-order valence-corrected chi connectivity index (χ1v) is 11.5. The van der Waals surface area contributed by atoms with Gasteiger partial charge in [0.25, 0.3) is 0 Å². The number of nitrogens with one attached hydrogen (secondary N) is 1. The van der Waals surface area contributed by atoms with Gasteiger partial charge in [0.1, 0.15) is 17.5 Å². The second kappa shape index (κ2) is 6.97. The van der Waals surface area contributed by atoms with Crippen LogP contribution in [0.15, 0.2) is 12.3 Å². The molecule has 3 aliphatic rings. The van der Waals surface area contributed by atoms with Gasteiger partial charge in [0.2, 0.25) is 0 Å². The fraction of sp³-hybridized carbons (Fsp3) is 0.423. The molecule has 4 atom stereocenters. The molecule has 2 aromatic carbocycles. The number of H-pyrrole nitrogens is 1. The SMILES string of the molecule is COc1c(C)cc2c(c1O)[C@H]1C3Cc4c(O)c(C)c(OC)c5[nH]cc(c45)N3[C@@H](C#N)[C@H](C2)N1C. The summed E-state index contributed by atoms with van der Waals surface area (Å²) in [5, 5.41) is 33.8. The highest BCUT2D eigenvalue weighted by molar-refractivity contribution is 6.03. The molecule has 3 aromatic rings. The quantitative estimate of drug-likeness (QED) is 0.538. The number of hydrogen-bond donors (Lipinski definition) is 3. The second-order valence-electron chi connectivity index (χ2n) is 9.69. The summed E-state index contributed by atoms with van der Waals surface area (Å²) >= 11 is 0. The molecule has 3 N–H and O–H groups in total. The van der Waals surface area contributed by atoms with Gasteiger partial charge in [-0.3, -0.25) is 4.90 Å². The molecule has 3 aliphatic heterocycles. The van der Waals surface area contributed by atoms with Gasteiger partial charge in [-0.15, -0.1) is 0 Å². The van der Waals surface area contributed by atoms with Gasteiger partial charge >= 0.3 is 0 Å².